The molecule has 0 aliphatic carbocycles. The second-order valence-corrected chi connectivity index (χ2v) is 5.28. The molecule has 0 radical (unpaired) electrons. The van der Waals surface area contributed by atoms with Crippen LogP contribution in [0, 0.1) is 5.92 Å². The molecule has 3 N–H and O–H groups in total. The topological polar surface area (TPSA) is 64.3 Å². The van der Waals surface area contributed by atoms with E-state index in [9.17, 15) is 4.79 Å². The van der Waals surface area contributed by atoms with Crippen molar-refractivity contribution in [2.45, 2.75) is 46.1 Å². The lowest BCUT2D eigenvalue weighted by atomic mass is 9.97. The van der Waals surface area contributed by atoms with Crippen LogP contribution in [-0.2, 0) is 4.79 Å². The van der Waals surface area contributed by atoms with Gasteiger partial charge in [0.1, 0.15) is 5.75 Å². The second kappa shape index (κ2) is 8.46. The molecule has 0 saturated carbocycles. The average molecular weight is 278 g/mol. The predicted octanol–water partition coefficient (Wildman–Crippen LogP) is 3.18. The van der Waals surface area contributed by atoms with E-state index < -0.39 is 5.91 Å². The van der Waals surface area contributed by atoms with Crippen LogP contribution in [0.2, 0.25) is 0 Å². The summed E-state index contributed by atoms with van der Waals surface area (Å²) in [7, 11) is 0. The van der Waals surface area contributed by atoms with Gasteiger partial charge in [-0.2, -0.15) is 0 Å². The van der Waals surface area contributed by atoms with Gasteiger partial charge in [0, 0.05) is 17.8 Å². The molecule has 0 fully saturated rings. The highest BCUT2D eigenvalue weighted by atomic mass is 16.5. The van der Waals surface area contributed by atoms with Crippen LogP contribution in [0.4, 0.5) is 5.69 Å². The molecule has 0 bridgehead atoms. The lowest BCUT2D eigenvalue weighted by Crippen LogP contribution is -2.21. The number of benzene rings is 1. The number of carbonyl (C=O) groups is 1. The van der Waals surface area contributed by atoms with Crippen LogP contribution in [0.25, 0.3) is 0 Å². The maximum absolute atomic E-state index is 10.7. The zero-order chi connectivity index (χ0) is 15.0. The Bertz CT molecular complexity index is 421. The van der Waals surface area contributed by atoms with E-state index in [1.54, 1.807) is 0 Å². The van der Waals surface area contributed by atoms with E-state index in [1.165, 1.54) is 6.42 Å². The van der Waals surface area contributed by atoms with E-state index in [-0.39, 0.29) is 6.61 Å². The van der Waals surface area contributed by atoms with Gasteiger partial charge in [-0.15, -0.1) is 0 Å². The predicted molar refractivity (Wildman–Crippen MR) is 82.9 cm³/mol. The summed E-state index contributed by atoms with van der Waals surface area (Å²) in [6, 6.07) is 8.10. The summed E-state index contributed by atoms with van der Waals surface area (Å²) < 4.78 is 5.31. The van der Waals surface area contributed by atoms with Gasteiger partial charge in [0.2, 0.25) is 0 Å². The van der Waals surface area contributed by atoms with Gasteiger partial charge >= 0.3 is 0 Å². The van der Waals surface area contributed by atoms with E-state index in [0.717, 1.165) is 18.5 Å². The van der Waals surface area contributed by atoms with Gasteiger partial charge in [0.15, 0.2) is 6.61 Å². The maximum atomic E-state index is 10.7. The zero-order valence-electron chi connectivity index (χ0n) is 12.7. The summed E-state index contributed by atoms with van der Waals surface area (Å²) in [5, 5.41) is 3.53. The lowest BCUT2D eigenvalue weighted by molar-refractivity contribution is -0.119. The van der Waals surface area contributed by atoms with E-state index >= 15 is 0 Å². The first-order valence-electron chi connectivity index (χ1n) is 7.32. The van der Waals surface area contributed by atoms with Crippen molar-refractivity contribution in [3.05, 3.63) is 24.3 Å². The van der Waals surface area contributed by atoms with Gasteiger partial charge in [-0.3, -0.25) is 4.79 Å². The number of primary amides is 1. The molecule has 20 heavy (non-hydrogen) atoms. The van der Waals surface area contributed by atoms with Gasteiger partial charge in [-0.25, -0.2) is 0 Å². The van der Waals surface area contributed by atoms with Crippen molar-refractivity contribution in [2.24, 2.45) is 11.7 Å². The average Bonchev–Trinajstić information content (AvgIpc) is 2.44. The van der Waals surface area contributed by atoms with E-state index in [0.29, 0.717) is 17.7 Å². The van der Waals surface area contributed by atoms with Crippen molar-refractivity contribution < 1.29 is 9.53 Å². The van der Waals surface area contributed by atoms with Crippen LogP contribution in [0.1, 0.15) is 40.0 Å². The third kappa shape index (κ3) is 5.95. The van der Waals surface area contributed by atoms with Crippen LogP contribution < -0.4 is 15.8 Å². The highest BCUT2D eigenvalue weighted by Crippen LogP contribution is 2.21. The second-order valence-electron chi connectivity index (χ2n) is 5.28. The third-order valence-electron chi connectivity index (χ3n) is 3.46. The van der Waals surface area contributed by atoms with Crippen LogP contribution in [0.15, 0.2) is 24.3 Å². The number of nitrogens with one attached hydrogen (secondary N) is 1. The number of amides is 1. The Labute approximate surface area is 121 Å². The Morgan fingerprint density at radius 1 is 1.35 bits per heavy atom. The molecule has 4 heteroatoms. The minimum absolute atomic E-state index is 0.0898. The first-order valence-corrected chi connectivity index (χ1v) is 7.32. The monoisotopic (exact) mass is 278 g/mol. The van der Waals surface area contributed by atoms with Gasteiger partial charge in [-0.1, -0.05) is 33.3 Å². The molecule has 2 atom stereocenters. The number of hydrogen-bond donors (Lipinski definition) is 2. The first-order chi connectivity index (χ1) is 9.55. The SMILES string of the molecule is CCC(C)CC(CC)Nc1cccc(OCC(N)=O)c1. The van der Waals surface area contributed by atoms with Crippen molar-refractivity contribution in [1.29, 1.82) is 0 Å². The summed E-state index contributed by atoms with van der Waals surface area (Å²) in [5.74, 6) is 0.903. The fourth-order valence-corrected chi connectivity index (χ4v) is 2.05. The quantitative estimate of drug-likeness (QED) is 0.729. The number of anilines is 1. The normalized spacial score (nSPS) is 13.6. The molecule has 0 aliphatic rings. The molecule has 0 saturated heterocycles. The molecule has 0 spiro atoms. The lowest BCUT2D eigenvalue weighted by Gasteiger charge is -2.21. The fourth-order valence-electron chi connectivity index (χ4n) is 2.05. The summed E-state index contributed by atoms with van der Waals surface area (Å²) in [6.07, 6.45) is 3.43. The molecule has 0 aliphatic heterocycles. The van der Waals surface area contributed by atoms with Crippen molar-refractivity contribution in [2.75, 3.05) is 11.9 Å². The van der Waals surface area contributed by atoms with Crippen molar-refractivity contribution in [3.63, 3.8) is 0 Å². The minimum atomic E-state index is -0.466. The number of hydrogen-bond acceptors (Lipinski definition) is 3. The largest absolute Gasteiger partial charge is 0.484 e. The summed E-state index contributed by atoms with van der Waals surface area (Å²) in [5.41, 5.74) is 6.09. The number of carbonyl (C=O) groups excluding carboxylic acids is 1. The van der Waals surface area contributed by atoms with Crippen LogP contribution in [0.5, 0.6) is 5.75 Å². The number of nitrogens with two attached hydrogens (primary N) is 1. The molecule has 4 nitrogen and oxygen atoms in total. The van der Waals surface area contributed by atoms with Crippen molar-refractivity contribution in [3.8, 4) is 5.75 Å². The van der Waals surface area contributed by atoms with E-state index in [2.05, 4.69) is 26.1 Å². The maximum Gasteiger partial charge on any atom is 0.255 e. The van der Waals surface area contributed by atoms with Crippen LogP contribution in [-0.4, -0.2) is 18.6 Å². The van der Waals surface area contributed by atoms with Crippen LogP contribution >= 0.6 is 0 Å². The highest BCUT2D eigenvalue weighted by Gasteiger charge is 2.10. The first kappa shape index (κ1) is 16.3. The Kier molecular flexibility index (Phi) is 6.91. The van der Waals surface area contributed by atoms with Gasteiger partial charge in [-0.05, 0) is 30.9 Å². The Morgan fingerprint density at radius 3 is 2.70 bits per heavy atom. The van der Waals surface area contributed by atoms with Crippen molar-refractivity contribution >= 4 is 11.6 Å². The van der Waals surface area contributed by atoms with Gasteiger partial charge in [0.25, 0.3) is 5.91 Å². The highest BCUT2D eigenvalue weighted by molar-refractivity contribution is 5.75. The molecule has 1 rings (SSSR count). The zero-order valence-corrected chi connectivity index (χ0v) is 12.7. The smallest absolute Gasteiger partial charge is 0.255 e. The Hall–Kier alpha value is -1.71. The Morgan fingerprint density at radius 2 is 2.10 bits per heavy atom. The standard InChI is InChI=1S/C16H26N2O2/c1-4-12(3)9-13(5-2)18-14-7-6-8-15(10-14)20-11-16(17)19/h6-8,10,12-13,18H,4-5,9,11H2,1-3H3,(H2,17,19). The Balaban J connectivity index is 2.61. The fraction of sp³-hybridized carbons (Fsp3) is 0.562. The summed E-state index contributed by atoms with van der Waals surface area (Å²) in [4.78, 5) is 10.7. The summed E-state index contributed by atoms with van der Waals surface area (Å²) in [6.45, 7) is 6.59. The van der Waals surface area contributed by atoms with E-state index in [1.807, 2.05) is 24.3 Å². The summed E-state index contributed by atoms with van der Waals surface area (Å²) >= 11 is 0. The molecule has 2 unspecified atom stereocenters. The molecule has 1 amide bonds. The molecule has 0 heterocycles. The van der Waals surface area contributed by atoms with Gasteiger partial charge in [0.05, 0.1) is 0 Å². The third-order valence-corrected chi connectivity index (χ3v) is 3.46. The number of rotatable bonds is 9. The molecule has 0 aromatic heterocycles. The van der Waals surface area contributed by atoms with Crippen molar-refractivity contribution in [1.82, 2.24) is 0 Å². The minimum Gasteiger partial charge on any atom is -0.484 e. The molecule has 1 aromatic carbocycles. The molecular formula is C16H26N2O2. The molecular weight excluding hydrogens is 252 g/mol. The van der Waals surface area contributed by atoms with E-state index in [4.69, 9.17) is 10.5 Å². The molecule has 112 valence electrons. The van der Waals surface area contributed by atoms with Crippen LogP contribution in [0.3, 0.4) is 0 Å². The van der Waals surface area contributed by atoms with Gasteiger partial charge < -0.3 is 15.8 Å². The molecule has 1 aromatic rings. The number of ether oxygens (including phenoxy) is 1.